The van der Waals surface area contributed by atoms with Crippen LogP contribution in [0.25, 0.3) is 0 Å². The van der Waals surface area contributed by atoms with Gasteiger partial charge >= 0.3 is 0 Å². The molecule has 0 amide bonds. The maximum absolute atomic E-state index is 10.0. The molecule has 0 aromatic heterocycles. The maximum atomic E-state index is 10.0. The molecule has 0 aromatic carbocycles. The third kappa shape index (κ3) is 2.38. The summed E-state index contributed by atoms with van der Waals surface area (Å²) in [4.78, 5) is 0. The number of rotatable bonds is 1. The molecular formula is C9H18OS. The van der Waals surface area contributed by atoms with Crippen LogP contribution in [0.3, 0.4) is 0 Å². The molecule has 2 heteroatoms. The van der Waals surface area contributed by atoms with Gasteiger partial charge in [-0.2, -0.15) is 11.8 Å². The van der Waals surface area contributed by atoms with Crippen LogP contribution >= 0.6 is 11.8 Å². The molecule has 1 atom stereocenters. The summed E-state index contributed by atoms with van der Waals surface area (Å²) in [5.41, 5.74) is -0.366. The molecule has 1 saturated heterocycles. The van der Waals surface area contributed by atoms with Crippen molar-refractivity contribution in [2.45, 2.75) is 50.4 Å². The standard InChI is InChI=1S/C9H18OS/c1-4-9(10)5-6-11-8(2,3)7-9/h10H,4-7H2,1-3H3. The molecule has 0 spiro atoms. The first-order chi connectivity index (χ1) is 4.97. The summed E-state index contributed by atoms with van der Waals surface area (Å²) in [6.45, 7) is 6.51. The Bertz CT molecular complexity index is 144. The van der Waals surface area contributed by atoms with Crippen LogP contribution in [0.5, 0.6) is 0 Å². The van der Waals surface area contributed by atoms with Crippen LogP contribution in [0, 0.1) is 0 Å². The Balaban J connectivity index is 2.59. The highest BCUT2D eigenvalue weighted by Crippen LogP contribution is 2.41. The van der Waals surface area contributed by atoms with Gasteiger partial charge in [0.25, 0.3) is 0 Å². The van der Waals surface area contributed by atoms with Crippen molar-refractivity contribution >= 4 is 11.8 Å². The van der Waals surface area contributed by atoms with Crippen LogP contribution in [-0.2, 0) is 0 Å². The molecule has 1 rings (SSSR count). The molecule has 0 radical (unpaired) electrons. The van der Waals surface area contributed by atoms with Crippen molar-refractivity contribution in [3.63, 3.8) is 0 Å². The van der Waals surface area contributed by atoms with Crippen molar-refractivity contribution in [3.8, 4) is 0 Å². The quantitative estimate of drug-likeness (QED) is 0.659. The third-order valence-corrected chi connectivity index (χ3v) is 3.81. The molecule has 66 valence electrons. The first-order valence-electron chi connectivity index (χ1n) is 4.34. The fourth-order valence-electron chi connectivity index (χ4n) is 1.75. The molecule has 1 unspecified atom stereocenters. The van der Waals surface area contributed by atoms with Crippen molar-refractivity contribution in [2.24, 2.45) is 0 Å². The summed E-state index contributed by atoms with van der Waals surface area (Å²) in [6, 6.07) is 0. The molecule has 0 bridgehead atoms. The zero-order chi connectivity index (χ0) is 8.54. The Kier molecular flexibility index (Phi) is 2.55. The van der Waals surface area contributed by atoms with Gasteiger partial charge in [-0.25, -0.2) is 0 Å². The minimum absolute atomic E-state index is 0.281. The molecular weight excluding hydrogens is 156 g/mol. The summed E-state index contributed by atoms with van der Waals surface area (Å²) in [7, 11) is 0. The van der Waals surface area contributed by atoms with Gasteiger partial charge in [0.05, 0.1) is 5.60 Å². The van der Waals surface area contributed by atoms with E-state index in [1.165, 1.54) is 0 Å². The van der Waals surface area contributed by atoms with Crippen LogP contribution in [0.15, 0.2) is 0 Å². The maximum Gasteiger partial charge on any atom is 0.0666 e. The molecule has 0 aromatic rings. The lowest BCUT2D eigenvalue weighted by Crippen LogP contribution is -2.40. The fraction of sp³-hybridized carbons (Fsp3) is 1.00. The van der Waals surface area contributed by atoms with E-state index in [0.717, 1.165) is 25.0 Å². The number of hydrogen-bond donors (Lipinski definition) is 1. The first-order valence-corrected chi connectivity index (χ1v) is 5.32. The van der Waals surface area contributed by atoms with Gasteiger partial charge in [0.2, 0.25) is 0 Å². The first kappa shape index (κ1) is 9.40. The highest BCUT2D eigenvalue weighted by atomic mass is 32.2. The highest BCUT2D eigenvalue weighted by Gasteiger charge is 2.37. The van der Waals surface area contributed by atoms with E-state index in [-0.39, 0.29) is 10.3 Å². The minimum atomic E-state index is -0.366. The van der Waals surface area contributed by atoms with Gasteiger partial charge in [-0.05, 0) is 25.0 Å². The fourth-order valence-corrected chi connectivity index (χ4v) is 3.16. The van der Waals surface area contributed by atoms with Gasteiger partial charge in [-0.3, -0.25) is 0 Å². The molecule has 1 N–H and O–H groups in total. The molecule has 1 fully saturated rings. The SMILES string of the molecule is CCC1(O)CCSC(C)(C)C1. The number of aliphatic hydroxyl groups is 1. The molecule has 11 heavy (non-hydrogen) atoms. The van der Waals surface area contributed by atoms with Gasteiger partial charge in [-0.15, -0.1) is 0 Å². The number of thioether (sulfide) groups is 1. The van der Waals surface area contributed by atoms with Crippen molar-refractivity contribution in [1.82, 2.24) is 0 Å². The summed E-state index contributed by atoms with van der Waals surface area (Å²) in [6.07, 6.45) is 2.82. The Morgan fingerprint density at radius 3 is 2.45 bits per heavy atom. The number of hydrogen-bond acceptors (Lipinski definition) is 2. The lowest BCUT2D eigenvalue weighted by Gasteiger charge is -2.40. The summed E-state index contributed by atoms with van der Waals surface area (Å²) in [5, 5.41) is 10.0. The second-order valence-corrected chi connectivity index (χ2v) is 5.91. The van der Waals surface area contributed by atoms with E-state index in [1.54, 1.807) is 0 Å². The van der Waals surface area contributed by atoms with Gasteiger partial charge in [0.15, 0.2) is 0 Å². The van der Waals surface area contributed by atoms with E-state index in [9.17, 15) is 5.11 Å². The molecule has 1 heterocycles. The summed E-state index contributed by atoms with van der Waals surface area (Å²) < 4.78 is 0.281. The highest BCUT2D eigenvalue weighted by molar-refractivity contribution is 8.00. The van der Waals surface area contributed by atoms with Gasteiger partial charge in [-0.1, -0.05) is 20.8 Å². The van der Waals surface area contributed by atoms with E-state index in [4.69, 9.17) is 0 Å². The average molecular weight is 174 g/mol. The smallest absolute Gasteiger partial charge is 0.0666 e. The van der Waals surface area contributed by atoms with E-state index in [1.807, 2.05) is 11.8 Å². The predicted octanol–water partition coefficient (Wildman–Crippen LogP) is 2.43. The molecule has 0 saturated carbocycles. The Hall–Kier alpha value is 0.310. The molecule has 0 aliphatic carbocycles. The summed E-state index contributed by atoms with van der Waals surface area (Å²) in [5.74, 6) is 1.11. The second-order valence-electron chi connectivity index (χ2n) is 4.11. The van der Waals surface area contributed by atoms with Crippen LogP contribution in [-0.4, -0.2) is 21.2 Å². The van der Waals surface area contributed by atoms with E-state index >= 15 is 0 Å². The Morgan fingerprint density at radius 1 is 1.45 bits per heavy atom. The average Bonchev–Trinajstić information content (AvgIpc) is 1.85. The summed E-state index contributed by atoms with van der Waals surface area (Å²) >= 11 is 1.98. The minimum Gasteiger partial charge on any atom is -0.390 e. The van der Waals surface area contributed by atoms with Crippen LogP contribution in [0.1, 0.15) is 40.0 Å². The van der Waals surface area contributed by atoms with Crippen molar-refractivity contribution in [2.75, 3.05) is 5.75 Å². The van der Waals surface area contributed by atoms with Crippen LogP contribution in [0.4, 0.5) is 0 Å². The van der Waals surface area contributed by atoms with Gasteiger partial charge in [0.1, 0.15) is 0 Å². The lowest BCUT2D eigenvalue weighted by atomic mass is 9.87. The van der Waals surface area contributed by atoms with E-state index < -0.39 is 0 Å². The lowest BCUT2D eigenvalue weighted by molar-refractivity contribution is 0.0137. The molecule has 1 aliphatic heterocycles. The Labute approximate surface area is 73.6 Å². The van der Waals surface area contributed by atoms with Crippen LogP contribution < -0.4 is 0 Å². The normalized spacial score (nSPS) is 37.1. The molecule has 1 nitrogen and oxygen atoms in total. The largest absolute Gasteiger partial charge is 0.390 e. The molecule has 1 aliphatic rings. The predicted molar refractivity (Wildman–Crippen MR) is 51.0 cm³/mol. The topological polar surface area (TPSA) is 20.2 Å². The Morgan fingerprint density at radius 2 is 2.09 bits per heavy atom. The van der Waals surface area contributed by atoms with Gasteiger partial charge in [0, 0.05) is 4.75 Å². The van der Waals surface area contributed by atoms with Crippen molar-refractivity contribution < 1.29 is 5.11 Å². The zero-order valence-electron chi connectivity index (χ0n) is 7.68. The third-order valence-electron chi connectivity index (χ3n) is 2.47. The second kappa shape index (κ2) is 2.98. The van der Waals surface area contributed by atoms with E-state index in [2.05, 4.69) is 20.8 Å². The zero-order valence-corrected chi connectivity index (χ0v) is 8.50. The van der Waals surface area contributed by atoms with E-state index in [0.29, 0.717) is 0 Å². The van der Waals surface area contributed by atoms with Crippen LogP contribution in [0.2, 0.25) is 0 Å². The van der Waals surface area contributed by atoms with Crippen molar-refractivity contribution in [3.05, 3.63) is 0 Å². The van der Waals surface area contributed by atoms with Gasteiger partial charge < -0.3 is 5.11 Å². The van der Waals surface area contributed by atoms with Crippen molar-refractivity contribution in [1.29, 1.82) is 0 Å². The monoisotopic (exact) mass is 174 g/mol.